The highest BCUT2D eigenvalue weighted by atomic mass is 19.1. The number of aryl methyl sites for hydroxylation is 1. The zero-order valence-electron chi connectivity index (χ0n) is 16.5. The predicted molar refractivity (Wildman–Crippen MR) is 109 cm³/mol. The first kappa shape index (κ1) is 18.3. The molecule has 0 amide bonds. The van der Waals surface area contributed by atoms with Crippen molar-refractivity contribution >= 4 is 11.5 Å². The molecule has 0 saturated carbocycles. The van der Waals surface area contributed by atoms with Gasteiger partial charge in [-0.3, -0.25) is 4.98 Å². The minimum atomic E-state index is -1.22. The van der Waals surface area contributed by atoms with E-state index < -0.39 is 5.67 Å². The maximum absolute atomic E-state index is 15.2. The number of piperidine rings is 1. The highest BCUT2D eigenvalue weighted by Crippen LogP contribution is 2.37. The van der Waals surface area contributed by atoms with Gasteiger partial charge >= 0.3 is 0 Å². The lowest BCUT2D eigenvalue weighted by Crippen LogP contribution is -2.43. The monoisotopic (exact) mass is 396 g/mol. The maximum atomic E-state index is 15.2. The van der Waals surface area contributed by atoms with Crippen molar-refractivity contribution in [3.8, 4) is 17.0 Å². The molecule has 2 aliphatic rings. The zero-order chi connectivity index (χ0) is 19.8. The maximum Gasteiger partial charge on any atom is 0.197 e. The van der Waals surface area contributed by atoms with Crippen LogP contribution in [0.3, 0.4) is 0 Å². The van der Waals surface area contributed by atoms with Gasteiger partial charge in [0.15, 0.2) is 17.2 Å². The van der Waals surface area contributed by atoms with E-state index in [4.69, 9.17) is 14.8 Å². The standard InChI is InChI=1S/C21H25FN6O/c1-14-17(15-4-8-23-9-5-15)28-20(26-14)18-16(3-2-12-29-18)19(27-28)25-13-21(22)6-10-24-11-7-21/h4-5,8-9,24H,2-3,6-7,10-13H2,1H3,(H,25,27). The number of hydrogen-bond acceptors (Lipinski definition) is 6. The molecule has 5 heterocycles. The van der Waals surface area contributed by atoms with Gasteiger partial charge in [0.2, 0.25) is 0 Å². The molecule has 29 heavy (non-hydrogen) atoms. The number of imidazole rings is 1. The third-order valence-electron chi connectivity index (χ3n) is 5.84. The van der Waals surface area contributed by atoms with Gasteiger partial charge in [-0.1, -0.05) is 0 Å². The van der Waals surface area contributed by atoms with Gasteiger partial charge in [0.1, 0.15) is 5.67 Å². The Morgan fingerprint density at radius 2 is 2.07 bits per heavy atom. The van der Waals surface area contributed by atoms with E-state index in [0.29, 0.717) is 44.0 Å². The molecule has 2 N–H and O–H groups in total. The lowest BCUT2D eigenvalue weighted by molar-refractivity contribution is 0.131. The Labute approximate surface area is 168 Å². The van der Waals surface area contributed by atoms with Gasteiger partial charge in [-0.2, -0.15) is 0 Å². The van der Waals surface area contributed by atoms with Crippen LogP contribution >= 0.6 is 0 Å². The molecular formula is C21H25FN6O. The van der Waals surface area contributed by atoms with Crippen molar-refractivity contribution in [2.24, 2.45) is 0 Å². The van der Waals surface area contributed by atoms with E-state index in [0.717, 1.165) is 41.1 Å². The fourth-order valence-electron chi connectivity index (χ4n) is 4.25. The molecule has 3 aromatic rings. The molecule has 0 spiro atoms. The van der Waals surface area contributed by atoms with Gasteiger partial charge in [0.05, 0.1) is 24.5 Å². The summed E-state index contributed by atoms with van der Waals surface area (Å²) < 4.78 is 23.0. The van der Waals surface area contributed by atoms with E-state index in [9.17, 15) is 0 Å². The number of alkyl halides is 1. The van der Waals surface area contributed by atoms with Gasteiger partial charge in [-0.15, -0.1) is 5.10 Å². The van der Waals surface area contributed by atoms with E-state index in [1.54, 1.807) is 12.4 Å². The van der Waals surface area contributed by atoms with Crippen LogP contribution in [0.25, 0.3) is 16.9 Å². The third kappa shape index (κ3) is 3.31. The Bertz CT molecular complexity index is 1030. The van der Waals surface area contributed by atoms with Crippen LogP contribution in [-0.4, -0.2) is 51.5 Å². The van der Waals surface area contributed by atoms with Crippen LogP contribution in [0.5, 0.6) is 5.75 Å². The SMILES string of the molecule is Cc1nc2c3c(c(NCC4(F)CCNCC4)nn2c1-c1ccncc1)CCCO3. The van der Waals surface area contributed by atoms with Crippen LogP contribution in [0.2, 0.25) is 0 Å². The molecule has 0 atom stereocenters. The number of nitrogens with one attached hydrogen (secondary N) is 2. The number of nitrogens with zero attached hydrogens (tertiary/aromatic N) is 4. The number of anilines is 1. The molecule has 0 unspecified atom stereocenters. The second kappa shape index (κ2) is 7.26. The summed E-state index contributed by atoms with van der Waals surface area (Å²) in [6.07, 6.45) is 6.29. The van der Waals surface area contributed by atoms with Crippen LogP contribution in [0.1, 0.15) is 30.5 Å². The van der Waals surface area contributed by atoms with Crippen LogP contribution in [0, 0.1) is 6.92 Å². The summed E-state index contributed by atoms with van der Waals surface area (Å²) in [5, 5.41) is 11.4. The summed E-state index contributed by atoms with van der Waals surface area (Å²) in [6, 6.07) is 3.88. The molecule has 0 radical (unpaired) electrons. The number of pyridine rings is 1. The second-order valence-electron chi connectivity index (χ2n) is 7.88. The van der Waals surface area contributed by atoms with Crippen molar-refractivity contribution in [3.05, 3.63) is 35.8 Å². The van der Waals surface area contributed by atoms with Crippen LogP contribution in [-0.2, 0) is 6.42 Å². The summed E-state index contributed by atoms with van der Waals surface area (Å²) in [4.78, 5) is 8.86. The number of rotatable bonds is 4. The lowest BCUT2D eigenvalue weighted by Gasteiger charge is -2.31. The molecule has 0 aromatic carbocycles. The number of hydrogen-bond donors (Lipinski definition) is 2. The highest BCUT2D eigenvalue weighted by molar-refractivity contribution is 5.73. The molecule has 0 aliphatic carbocycles. The van der Waals surface area contributed by atoms with E-state index in [1.807, 2.05) is 23.6 Å². The van der Waals surface area contributed by atoms with Crippen molar-refractivity contribution in [3.63, 3.8) is 0 Å². The third-order valence-corrected chi connectivity index (χ3v) is 5.84. The van der Waals surface area contributed by atoms with E-state index >= 15 is 4.39 Å². The molecule has 0 bridgehead atoms. The van der Waals surface area contributed by atoms with Crippen molar-refractivity contribution in [2.75, 3.05) is 31.6 Å². The van der Waals surface area contributed by atoms with Crippen LogP contribution in [0.4, 0.5) is 10.2 Å². The largest absolute Gasteiger partial charge is 0.489 e. The fraction of sp³-hybridized carbons (Fsp3) is 0.476. The summed E-state index contributed by atoms with van der Waals surface area (Å²) in [5.74, 6) is 1.45. The first-order valence-corrected chi connectivity index (χ1v) is 10.2. The number of halogens is 1. The van der Waals surface area contributed by atoms with Gasteiger partial charge in [0.25, 0.3) is 0 Å². The highest BCUT2D eigenvalue weighted by Gasteiger charge is 2.32. The molecular weight excluding hydrogens is 371 g/mol. The Balaban J connectivity index is 1.60. The van der Waals surface area contributed by atoms with E-state index in [1.165, 1.54) is 0 Å². The summed E-state index contributed by atoms with van der Waals surface area (Å²) in [7, 11) is 0. The minimum absolute atomic E-state index is 0.248. The average Bonchev–Trinajstić information content (AvgIpc) is 3.09. The fourth-order valence-corrected chi connectivity index (χ4v) is 4.25. The first-order chi connectivity index (χ1) is 14.1. The summed E-state index contributed by atoms with van der Waals surface area (Å²) in [5.41, 5.74) is 3.25. The predicted octanol–water partition coefficient (Wildman–Crippen LogP) is 2.93. The summed E-state index contributed by atoms with van der Waals surface area (Å²) in [6.45, 7) is 4.29. The van der Waals surface area contributed by atoms with Gasteiger partial charge in [-0.25, -0.2) is 13.9 Å². The lowest BCUT2D eigenvalue weighted by atomic mass is 9.94. The molecule has 5 rings (SSSR count). The van der Waals surface area contributed by atoms with Crippen LogP contribution in [0.15, 0.2) is 24.5 Å². The average molecular weight is 396 g/mol. The minimum Gasteiger partial charge on any atom is -0.489 e. The summed E-state index contributed by atoms with van der Waals surface area (Å²) >= 11 is 0. The Morgan fingerprint density at radius 3 is 2.86 bits per heavy atom. The molecule has 7 nitrogen and oxygen atoms in total. The van der Waals surface area contributed by atoms with Crippen molar-refractivity contribution in [1.82, 2.24) is 24.9 Å². The second-order valence-corrected chi connectivity index (χ2v) is 7.88. The molecule has 1 fully saturated rings. The molecule has 3 aromatic heterocycles. The quantitative estimate of drug-likeness (QED) is 0.706. The molecule has 1 saturated heterocycles. The number of fused-ring (bicyclic) bond motifs is 3. The number of ether oxygens (including phenoxy) is 1. The van der Waals surface area contributed by atoms with Gasteiger partial charge in [-0.05, 0) is 57.8 Å². The molecule has 2 aliphatic heterocycles. The Kier molecular flexibility index (Phi) is 4.58. The van der Waals surface area contributed by atoms with E-state index in [-0.39, 0.29) is 6.54 Å². The number of aromatic nitrogens is 4. The van der Waals surface area contributed by atoms with Crippen molar-refractivity contribution in [1.29, 1.82) is 0 Å². The van der Waals surface area contributed by atoms with Crippen LogP contribution < -0.4 is 15.4 Å². The van der Waals surface area contributed by atoms with Gasteiger partial charge in [0, 0.05) is 23.5 Å². The molecule has 152 valence electrons. The van der Waals surface area contributed by atoms with E-state index in [2.05, 4.69) is 15.6 Å². The Morgan fingerprint density at radius 1 is 1.28 bits per heavy atom. The topological polar surface area (TPSA) is 76.4 Å². The molecule has 8 heteroatoms. The van der Waals surface area contributed by atoms with Crippen molar-refractivity contribution in [2.45, 2.75) is 38.3 Å². The van der Waals surface area contributed by atoms with Gasteiger partial charge < -0.3 is 15.4 Å². The normalized spacial score (nSPS) is 18.3. The first-order valence-electron chi connectivity index (χ1n) is 10.2. The zero-order valence-corrected chi connectivity index (χ0v) is 16.5. The Hall–Kier alpha value is -2.74. The van der Waals surface area contributed by atoms with Crippen molar-refractivity contribution < 1.29 is 9.13 Å². The smallest absolute Gasteiger partial charge is 0.197 e.